The lowest BCUT2D eigenvalue weighted by molar-refractivity contribution is -0.139. The van der Waals surface area contributed by atoms with Gasteiger partial charge in [0.2, 0.25) is 0 Å². The van der Waals surface area contributed by atoms with Crippen molar-refractivity contribution in [2.24, 2.45) is 5.73 Å². The van der Waals surface area contributed by atoms with Crippen LogP contribution in [0, 0.1) is 0 Å². The van der Waals surface area contributed by atoms with Crippen LogP contribution in [0.25, 0.3) is 0 Å². The molecule has 0 amide bonds. The first-order valence-electron chi connectivity index (χ1n) is 5.70. The summed E-state index contributed by atoms with van der Waals surface area (Å²) in [6.07, 6.45) is -0.310. The lowest BCUT2D eigenvalue weighted by Gasteiger charge is -2.29. The number of aliphatic carboxylic acids is 1. The highest BCUT2D eigenvalue weighted by molar-refractivity contribution is 8.00. The minimum atomic E-state index is -0.994. The zero-order valence-electron chi connectivity index (χ0n) is 10.9. The van der Waals surface area contributed by atoms with Gasteiger partial charge in [0.25, 0.3) is 0 Å². The summed E-state index contributed by atoms with van der Waals surface area (Å²) in [6, 6.07) is -0.906. The van der Waals surface area contributed by atoms with Gasteiger partial charge in [-0.1, -0.05) is 0 Å². The fraction of sp³-hybridized carbons (Fsp3) is 0.909. The zero-order valence-corrected chi connectivity index (χ0v) is 11.8. The number of thioether (sulfide) groups is 1. The molecule has 3 N–H and O–H groups in total. The van der Waals surface area contributed by atoms with Gasteiger partial charge in [-0.3, -0.25) is 4.79 Å². The summed E-state index contributed by atoms with van der Waals surface area (Å²) in [7, 11) is 0. The number of hydrogen-bond acceptors (Lipinski definition) is 5. The van der Waals surface area contributed by atoms with Crippen LogP contribution in [-0.4, -0.2) is 47.1 Å². The standard InChI is InChI=1S/C11H23NO4S/c1-5-15-8(16-6-2)7-17-11(3,4)9(12)10(13)14/h8-9H,5-7,12H2,1-4H3,(H,13,14)/t9-/m1/s1. The molecule has 0 aliphatic heterocycles. The van der Waals surface area contributed by atoms with Crippen LogP contribution < -0.4 is 5.73 Å². The molecule has 5 nitrogen and oxygen atoms in total. The van der Waals surface area contributed by atoms with E-state index in [1.807, 2.05) is 27.7 Å². The third-order valence-corrected chi connectivity index (χ3v) is 3.75. The van der Waals surface area contributed by atoms with E-state index in [9.17, 15) is 4.79 Å². The van der Waals surface area contributed by atoms with Gasteiger partial charge in [0.05, 0.1) is 0 Å². The molecular formula is C11H23NO4S. The van der Waals surface area contributed by atoms with Crippen molar-refractivity contribution in [1.29, 1.82) is 0 Å². The molecule has 0 aliphatic rings. The summed E-state index contributed by atoms with van der Waals surface area (Å²) in [5.74, 6) is -0.429. The molecule has 1 atom stereocenters. The van der Waals surface area contributed by atoms with Gasteiger partial charge >= 0.3 is 5.97 Å². The highest BCUT2D eigenvalue weighted by atomic mass is 32.2. The van der Waals surface area contributed by atoms with Crippen LogP contribution in [0.3, 0.4) is 0 Å². The van der Waals surface area contributed by atoms with Crippen molar-refractivity contribution in [3.8, 4) is 0 Å². The number of carbonyl (C=O) groups is 1. The Morgan fingerprint density at radius 2 is 1.82 bits per heavy atom. The summed E-state index contributed by atoms with van der Waals surface area (Å²) in [5.41, 5.74) is 5.63. The van der Waals surface area contributed by atoms with Gasteiger partial charge in [0, 0.05) is 23.7 Å². The molecule has 0 heterocycles. The largest absolute Gasteiger partial charge is 0.480 e. The Kier molecular flexibility index (Phi) is 7.78. The molecule has 0 fully saturated rings. The van der Waals surface area contributed by atoms with Crippen molar-refractivity contribution in [2.75, 3.05) is 19.0 Å². The molecule has 0 radical (unpaired) electrons. The average molecular weight is 265 g/mol. The van der Waals surface area contributed by atoms with Crippen molar-refractivity contribution in [1.82, 2.24) is 0 Å². The fourth-order valence-electron chi connectivity index (χ4n) is 1.19. The van der Waals surface area contributed by atoms with Gasteiger partial charge in [0.1, 0.15) is 6.04 Å². The smallest absolute Gasteiger partial charge is 0.321 e. The van der Waals surface area contributed by atoms with Crippen molar-refractivity contribution in [2.45, 2.75) is 44.8 Å². The molecule has 0 spiro atoms. The van der Waals surface area contributed by atoms with Crippen LogP contribution in [0.1, 0.15) is 27.7 Å². The van der Waals surface area contributed by atoms with Crippen molar-refractivity contribution in [3.05, 3.63) is 0 Å². The Bertz CT molecular complexity index is 230. The molecule has 0 saturated heterocycles. The third kappa shape index (κ3) is 6.26. The van der Waals surface area contributed by atoms with Gasteiger partial charge in [0.15, 0.2) is 6.29 Å². The molecule has 0 saturated carbocycles. The maximum absolute atomic E-state index is 10.8. The van der Waals surface area contributed by atoms with Crippen LogP contribution >= 0.6 is 11.8 Å². The normalized spacial score (nSPS) is 14.0. The molecule has 0 unspecified atom stereocenters. The molecule has 17 heavy (non-hydrogen) atoms. The molecule has 0 bridgehead atoms. The number of carboxylic acid groups (broad SMARTS) is 1. The summed E-state index contributed by atoms with van der Waals surface area (Å²) >= 11 is 1.45. The number of hydrogen-bond donors (Lipinski definition) is 2. The number of carboxylic acids is 1. The zero-order chi connectivity index (χ0) is 13.5. The van der Waals surface area contributed by atoms with E-state index >= 15 is 0 Å². The Balaban J connectivity index is 4.25. The summed E-state index contributed by atoms with van der Waals surface area (Å²) in [4.78, 5) is 10.8. The first-order valence-corrected chi connectivity index (χ1v) is 6.69. The third-order valence-electron chi connectivity index (χ3n) is 2.31. The van der Waals surface area contributed by atoms with Crippen molar-refractivity contribution >= 4 is 17.7 Å². The van der Waals surface area contributed by atoms with Gasteiger partial charge in [-0.15, -0.1) is 11.8 Å². The number of rotatable bonds is 9. The summed E-state index contributed by atoms with van der Waals surface area (Å²) in [5, 5.41) is 8.89. The van der Waals surface area contributed by atoms with E-state index in [1.165, 1.54) is 11.8 Å². The quantitative estimate of drug-likeness (QED) is 0.612. The lowest BCUT2D eigenvalue weighted by Crippen LogP contribution is -2.47. The van der Waals surface area contributed by atoms with Gasteiger partial charge in [-0.05, 0) is 27.7 Å². The molecular weight excluding hydrogens is 242 g/mol. The topological polar surface area (TPSA) is 81.8 Å². The Morgan fingerprint density at radius 1 is 1.35 bits per heavy atom. The summed E-state index contributed by atoms with van der Waals surface area (Å²) in [6.45, 7) is 8.54. The van der Waals surface area contributed by atoms with Crippen molar-refractivity contribution in [3.63, 3.8) is 0 Å². The highest BCUT2D eigenvalue weighted by Gasteiger charge is 2.33. The maximum Gasteiger partial charge on any atom is 0.321 e. The van der Waals surface area contributed by atoms with Crippen LogP contribution in [-0.2, 0) is 14.3 Å². The maximum atomic E-state index is 10.8. The Morgan fingerprint density at radius 3 is 2.18 bits per heavy atom. The Hall–Kier alpha value is -0.300. The molecule has 0 aromatic heterocycles. The number of nitrogens with two attached hydrogens (primary N) is 1. The average Bonchev–Trinajstić information content (AvgIpc) is 2.25. The second kappa shape index (κ2) is 7.92. The summed E-state index contributed by atoms with van der Waals surface area (Å²) < 4.78 is 10.2. The highest BCUT2D eigenvalue weighted by Crippen LogP contribution is 2.28. The second-order valence-electron chi connectivity index (χ2n) is 4.07. The molecule has 0 aromatic rings. The Labute approximate surface area is 107 Å². The molecule has 0 aliphatic carbocycles. The van der Waals surface area contributed by atoms with Gasteiger partial charge in [-0.2, -0.15) is 0 Å². The van der Waals surface area contributed by atoms with E-state index in [1.54, 1.807) is 0 Å². The van der Waals surface area contributed by atoms with E-state index in [0.717, 1.165) is 0 Å². The van der Waals surface area contributed by atoms with Crippen LogP contribution in [0.4, 0.5) is 0 Å². The van der Waals surface area contributed by atoms with E-state index in [0.29, 0.717) is 19.0 Å². The predicted octanol–water partition coefficient (Wildman–Crippen LogP) is 1.31. The number of ether oxygens (including phenoxy) is 2. The molecule has 102 valence electrons. The lowest BCUT2D eigenvalue weighted by atomic mass is 10.1. The first kappa shape index (κ1) is 16.7. The second-order valence-corrected chi connectivity index (χ2v) is 5.74. The van der Waals surface area contributed by atoms with E-state index in [4.69, 9.17) is 20.3 Å². The minimum absolute atomic E-state index is 0.310. The fourth-order valence-corrected chi connectivity index (χ4v) is 2.22. The SMILES string of the molecule is CCOC(CSC(C)(C)[C@H](N)C(=O)O)OCC. The van der Waals surface area contributed by atoms with Crippen LogP contribution in [0.5, 0.6) is 0 Å². The predicted molar refractivity (Wildman–Crippen MR) is 69.2 cm³/mol. The monoisotopic (exact) mass is 265 g/mol. The van der Waals surface area contributed by atoms with E-state index < -0.39 is 16.8 Å². The minimum Gasteiger partial charge on any atom is -0.480 e. The van der Waals surface area contributed by atoms with E-state index in [2.05, 4.69) is 0 Å². The van der Waals surface area contributed by atoms with Gasteiger partial charge < -0.3 is 20.3 Å². The molecule has 0 rings (SSSR count). The van der Waals surface area contributed by atoms with Gasteiger partial charge in [-0.25, -0.2) is 0 Å². The van der Waals surface area contributed by atoms with Crippen LogP contribution in [0.15, 0.2) is 0 Å². The van der Waals surface area contributed by atoms with E-state index in [-0.39, 0.29) is 6.29 Å². The van der Waals surface area contributed by atoms with Crippen molar-refractivity contribution < 1.29 is 19.4 Å². The molecule has 6 heteroatoms. The molecule has 0 aromatic carbocycles. The first-order chi connectivity index (χ1) is 7.85. The van der Waals surface area contributed by atoms with Crippen LogP contribution in [0.2, 0.25) is 0 Å².